The minimum Gasteiger partial charge on any atom is -0.465 e. The first-order valence-electron chi connectivity index (χ1n) is 9.43. The van der Waals surface area contributed by atoms with Crippen LogP contribution in [0.25, 0.3) is 16.7 Å². The Kier molecular flexibility index (Phi) is 4.40. The lowest BCUT2D eigenvalue weighted by Gasteiger charge is -2.40. The molecular weight excluding hydrogens is 377 g/mol. The number of fused-ring (bicyclic) bond motifs is 1. The number of aromatic amines is 1. The number of hydrogen-bond donors (Lipinski definition) is 2. The minimum absolute atomic E-state index is 0.00774. The van der Waals surface area contributed by atoms with E-state index in [-0.39, 0.29) is 28.5 Å². The third-order valence-corrected chi connectivity index (χ3v) is 5.13. The van der Waals surface area contributed by atoms with Crippen LogP contribution >= 0.6 is 0 Å². The second kappa shape index (κ2) is 6.68. The molecule has 0 aliphatic heterocycles. The van der Waals surface area contributed by atoms with E-state index >= 15 is 0 Å². The van der Waals surface area contributed by atoms with Gasteiger partial charge in [-0.3, -0.25) is 14.8 Å². The van der Waals surface area contributed by atoms with Gasteiger partial charge in [-0.1, -0.05) is 6.07 Å². The number of carbonyl (C=O) groups is 1. The van der Waals surface area contributed by atoms with Gasteiger partial charge in [0.1, 0.15) is 17.2 Å². The van der Waals surface area contributed by atoms with Crippen LogP contribution in [0, 0.1) is 11.7 Å². The Morgan fingerprint density at radius 2 is 2.07 bits per heavy atom. The van der Waals surface area contributed by atoms with Crippen LogP contribution in [0.4, 0.5) is 9.18 Å². The minimum atomic E-state index is -1.12. The van der Waals surface area contributed by atoms with E-state index in [4.69, 9.17) is 0 Å². The first-order valence-corrected chi connectivity index (χ1v) is 9.43. The van der Waals surface area contributed by atoms with Crippen LogP contribution in [0.3, 0.4) is 0 Å². The molecule has 3 aromatic rings. The Bertz CT molecular complexity index is 1130. The van der Waals surface area contributed by atoms with Crippen molar-refractivity contribution in [2.45, 2.75) is 45.2 Å². The lowest BCUT2D eigenvalue weighted by atomic mass is 9.99. The first-order chi connectivity index (χ1) is 13.7. The molecule has 29 heavy (non-hydrogen) atoms. The van der Waals surface area contributed by atoms with E-state index in [1.165, 1.54) is 27.7 Å². The summed E-state index contributed by atoms with van der Waals surface area (Å²) in [5.74, 6) is -0.165. The SMILES string of the molecule is CC(C)(C)N(C(=O)O)C(c1nc2c(F)cccc2c(=O)n1-c1cc[nH]n1)C1CC1. The quantitative estimate of drug-likeness (QED) is 0.699. The molecule has 1 fully saturated rings. The standard InChI is InChI=1S/C20H22FN5O3/c1-20(2,3)26(19(28)29)16(11-7-8-11)17-23-15-12(5-4-6-13(15)21)18(27)25(17)14-9-10-22-24-14/h4-6,9-11,16H,7-8H2,1-3H3,(H,22,24)(H,28,29). The molecule has 1 aliphatic rings. The summed E-state index contributed by atoms with van der Waals surface area (Å²) in [6.07, 6.45) is 2.05. The lowest BCUT2D eigenvalue weighted by molar-refractivity contribution is 0.0581. The molecule has 4 rings (SSSR count). The maximum absolute atomic E-state index is 14.5. The third kappa shape index (κ3) is 3.26. The van der Waals surface area contributed by atoms with Gasteiger partial charge in [0.15, 0.2) is 5.82 Å². The molecular formula is C20H22FN5O3. The summed E-state index contributed by atoms with van der Waals surface area (Å²) in [7, 11) is 0. The maximum atomic E-state index is 14.5. The van der Waals surface area contributed by atoms with Gasteiger partial charge in [-0.05, 0) is 51.7 Å². The van der Waals surface area contributed by atoms with Crippen molar-refractivity contribution >= 4 is 17.0 Å². The average Bonchev–Trinajstić information content (AvgIpc) is 3.33. The summed E-state index contributed by atoms with van der Waals surface area (Å²) in [6, 6.07) is 5.09. The molecule has 9 heteroatoms. The van der Waals surface area contributed by atoms with Gasteiger partial charge < -0.3 is 5.11 Å². The van der Waals surface area contributed by atoms with E-state index in [9.17, 15) is 19.1 Å². The predicted molar refractivity (Wildman–Crippen MR) is 105 cm³/mol. The van der Waals surface area contributed by atoms with Crippen LogP contribution in [0.5, 0.6) is 0 Å². The van der Waals surface area contributed by atoms with Crippen LogP contribution in [-0.4, -0.2) is 41.4 Å². The Morgan fingerprint density at radius 1 is 1.34 bits per heavy atom. The fraction of sp³-hybridized carbons (Fsp3) is 0.400. The van der Waals surface area contributed by atoms with Crippen LogP contribution in [0.1, 0.15) is 45.5 Å². The number of rotatable bonds is 4. The van der Waals surface area contributed by atoms with E-state index in [1.807, 2.05) is 0 Å². The van der Waals surface area contributed by atoms with Crippen molar-refractivity contribution in [1.29, 1.82) is 0 Å². The monoisotopic (exact) mass is 399 g/mol. The fourth-order valence-electron chi connectivity index (χ4n) is 3.76. The molecule has 1 aliphatic carbocycles. The van der Waals surface area contributed by atoms with Gasteiger partial charge in [0.2, 0.25) is 0 Å². The average molecular weight is 399 g/mol. The molecule has 1 saturated carbocycles. The summed E-state index contributed by atoms with van der Waals surface area (Å²) in [5.41, 5.74) is -1.30. The molecule has 1 amide bonds. The molecule has 0 bridgehead atoms. The van der Waals surface area contributed by atoms with E-state index in [0.29, 0.717) is 0 Å². The van der Waals surface area contributed by atoms with Crippen LogP contribution in [0.15, 0.2) is 35.3 Å². The zero-order chi connectivity index (χ0) is 20.9. The summed E-state index contributed by atoms with van der Waals surface area (Å²) in [6.45, 7) is 5.36. The Labute approximate surface area is 166 Å². The molecule has 0 saturated heterocycles. The molecule has 2 aromatic heterocycles. The molecule has 2 N–H and O–H groups in total. The third-order valence-electron chi connectivity index (χ3n) is 5.13. The lowest BCUT2D eigenvalue weighted by Crippen LogP contribution is -2.49. The number of carboxylic acid groups (broad SMARTS) is 1. The van der Waals surface area contributed by atoms with Gasteiger partial charge in [-0.2, -0.15) is 5.10 Å². The van der Waals surface area contributed by atoms with Gasteiger partial charge >= 0.3 is 6.09 Å². The van der Waals surface area contributed by atoms with E-state index in [1.54, 1.807) is 33.0 Å². The molecule has 1 atom stereocenters. The largest absolute Gasteiger partial charge is 0.465 e. The van der Waals surface area contributed by atoms with Crippen molar-refractivity contribution < 1.29 is 14.3 Å². The smallest absolute Gasteiger partial charge is 0.408 e. The van der Waals surface area contributed by atoms with Crippen molar-refractivity contribution in [3.63, 3.8) is 0 Å². The number of H-pyrrole nitrogens is 1. The van der Waals surface area contributed by atoms with Gasteiger partial charge in [0.25, 0.3) is 5.56 Å². The van der Waals surface area contributed by atoms with E-state index < -0.39 is 29.1 Å². The maximum Gasteiger partial charge on any atom is 0.408 e. The molecule has 2 heterocycles. The summed E-state index contributed by atoms with van der Waals surface area (Å²) < 4.78 is 15.8. The highest BCUT2D eigenvalue weighted by Gasteiger charge is 2.45. The molecule has 152 valence electrons. The summed E-state index contributed by atoms with van der Waals surface area (Å²) in [4.78, 5) is 31.4. The van der Waals surface area contributed by atoms with Crippen molar-refractivity contribution in [3.8, 4) is 5.82 Å². The Morgan fingerprint density at radius 3 is 2.62 bits per heavy atom. The summed E-state index contributed by atoms with van der Waals surface area (Å²) >= 11 is 0. The highest BCUT2D eigenvalue weighted by Crippen LogP contribution is 2.46. The highest BCUT2D eigenvalue weighted by molar-refractivity contribution is 5.78. The number of nitrogens with zero attached hydrogens (tertiary/aromatic N) is 4. The Balaban J connectivity index is 2.07. The van der Waals surface area contributed by atoms with Gasteiger partial charge in [-0.25, -0.2) is 18.7 Å². The molecule has 1 aromatic carbocycles. The van der Waals surface area contributed by atoms with Crippen molar-refractivity contribution in [1.82, 2.24) is 24.6 Å². The Hall–Kier alpha value is -3.23. The van der Waals surface area contributed by atoms with Crippen LogP contribution in [0.2, 0.25) is 0 Å². The van der Waals surface area contributed by atoms with Crippen molar-refractivity contribution in [3.05, 3.63) is 52.5 Å². The van der Waals surface area contributed by atoms with E-state index in [2.05, 4.69) is 15.2 Å². The van der Waals surface area contributed by atoms with Crippen molar-refractivity contribution in [2.24, 2.45) is 5.92 Å². The molecule has 1 unspecified atom stereocenters. The zero-order valence-electron chi connectivity index (χ0n) is 16.4. The number of hydrogen-bond acceptors (Lipinski definition) is 4. The number of amides is 1. The topological polar surface area (TPSA) is 104 Å². The normalized spacial score (nSPS) is 15.4. The summed E-state index contributed by atoms with van der Waals surface area (Å²) in [5, 5.41) is 16.9. The number of para-hydroxylation sites is 1. The second-order valence-corrected chi connectivity index (χ2v) is 8.28. The molecule has 8 nitrogen and oxygen atoms in total. The highest BCUT2D eigenvalue weighted by atomic mass is 19.1. The van der Waals surface area contributed by atoms with Crippen LogP contribution in [-0.2, 0) is 0 Å². The first kappa shape index (κ1) is 19.1. The van der Waals surface area contributed by atoms with Crippen LogP contribution < -0.4 is 5.56 Å². The number of benzene rings is 1. The van der Waals surface area contributed by atoms with Crippen molar-refractivity contribution in [2.75, 3.05) is 0 Å². The molecule has 0 spiro atoms. The number of nitrogens with one attached hydrogen (secondary N) is 1. The number of halogens is 1. The van der Waals surface area contributed by atoms with Gasteiger partial charge in [0.05, 0.1) is 11.4 Å². The zero-order valence-corrected chi connectivity index (χ0v) is 16.4. The molecule has 0 radical (unpaired) electrons. The second-order valence-electron chi connectivity index (χ2n) is 8.28. The van der Waals surface area contributed by atoms with Gasteiger partial charge in [-0.15, -0.1) is 0 Å². The van der Waals surface area contributed by atoms with Gasteiger partial charge in [0, 0.05) is 17.8 Å². The number of aromatic nitrogens is 4. The fourth-order valence-corrected chi connectivity index (χ4v) is 3.76. The predicted octanol–water partition coefficient (Wildman–Crippen LogP) is 3.48. The van der Waals surface area contributed by atoms with E-state index in [0.717, 1.165) is 12.8 Å².